The van der Waals surface area contributed by atoms with Crippen molar-refractivity contribution in [3.05, 3.63) is 60.2 Å². The van der Waals surface area contributed by atoms with Gasteiger partial charge in [-0.3, -0.25) is 4.79 Å². The van der Waals surface area contributed by atoms with Gasteiger partial charge in [-0.05, 0) is 35.1 Å². The van der Waals surface area contributed by atoms with E-state index in [0.29, 0.717) is 24.2 Å². The molecule has 1 unspecified atom stereocenters. The second-order valence-electron chi connectivity index (χ2n) is 8.03. The predicted octanol–water partition coefficient (Wildman–Crippen LogP) is 4.69. The van der Waals surface area contributed by atoms with Crippen LogP contribution in [0.2, 0.25) is 18.6 Å². The first-order valence-electron chi connectivity index (χ1n) is 9.09. The van der Waals surface area contributed by atoms with Gasteiger partial charge in [0, 0.05) is 12.8 Å². The summed E-state index contributed by atoms with van der Waals surface area (Å²) < 4.78 is 5.32. The second kappa shape index (κ2) is 6.79. The molecule has 0 amide bonds. The van der Waals surface area contributed by atoms with Crippen LogP contribution in [-0.4, -0.2) is 21.0 Å². The molecule has 0 radical (unpaired) electrons. The number of Topliss-reactive ketones (excluding diaryl/α,β-unsaturated/α-hetero) is 1. The molecule has 0 bridgehead atoms. The molecule has 1 aliphatic carbocycles. The molecule has 25 heavy (non-hydrogen) atoms. The van der Waals surface area contributed by atoms with E-state index >= 15 is 0 Å². The summed E-state index contributed by atoms with van der Waals surface area (Å²) in [6.45, 7) is 7.21. The lowest BCUT2D eigenvalue weighted by Crippen LogP contribution is -2.55. The predicted molar refractivity (Wildman–Crippen MR) is 107 cm³/mol. The fraction of sp³-hybridized carbons (Fsp3) is 0.409. The molecule has 0 N–H and O–H groups in total. The number of ketones is 1. The number of ether oxygens (including phenoxy) is 1. The standard InChI is InChI=1S/C22H28O2Si/c1-22(17-10-12-19(24-2)13-11-17)15-14-18(23)16-21(22)25(3,4)20-8-6-5-7-9-20/h5-13,21H,14-16H2,1-4H3/t21?,22-/m1/s1. The quantitative estimate of drug-likeness (QED) is 0.746. The van der Waals surface area contributed by atoms with Gasteiger partial charge in [-0.15, -0.1) is 0 Å². The van der Waals surface area contributed by atoms with E-state index in [0.717, 1.165) is 12.2 Å². The van der Waals surface area contributed by atoms with Gasteiger partial charge in [0.05, 0.1) is 15.2 Å². The first-order chi connectivity index (χ1) is 11.9. The van der Waals surface area contributed by atoms with Crippen molar-refractivity contribution in [1.82, 2.24) is 0 Å². The molecule has 1 aliphatic rings. The van der Waals surface area contributed by atoms with Crippen molar-refractivity contribution in [1.29, 1.82) is 0 Å². The number of benzene rings is 2. The molecular formula is C22H28O2Si. The van der Waals surface area contributed by atoms with Gasteiger partial charge >= 0.3 is 0 Å². The molecule has 132 valence electrons. The first kappa shape index (κ1) is 17.9. The monoisotopic (exact) mass is 352 g/mol. The van der Waals surface area contributed by atoms with Gasteiger partial charge in [-0.25, -0.2) is 0 Å². The van der Waals surface area contributed by atoms with Crippen molar-refractivity contribution in [2.45, 2.75) is 50.2 Å². The summed E-state index contributed by atoms with van der Waals surface area (Å²) in [5.41, 5.74) is 1.77. The minimum Gasteiger partial charge on any atom is -0.497 e. The smallest absolute Gasteiger partial charge is 0.132 e. The summed E-state index contributed by atoms with van der Waals surface area (Å²) >= 11 is 0. The van der Waals surface area contributed by atoms with Crippen LogP contribution in [0.15, 0.2) is 54.6 Å². The third kappa shape index (κ3) is 3.30. The molecule has 2 nitrogen and oxygen atoms in total. The average molecular weight is 353 g/mol. The van der Waals surface area contributed by atoms with Crippen LogP contribution in [0.1, 0.15) is 31.7 Å². The topological polar surface area (TPSA) is 26.3 Å². The Hall–Kier alpha value is -1.87. The normalized spacial score (nSPS) is 24.2. The summed E-state index contributed by atoms with van der Waals surface area (Å²) in [6, 6.07) is 19.3. The summed E-state index contributed by atoms with van der Waals surface area (Å²) in [6.07, 6.45) is 2.33. The van der Waals surface area contributed by atoms with Crippen molar-refractivity contribution in [3.63, 3.8) is 0 Å². The lowest BCUT2D eigenvalue weighted by Gasteiger charge is -2.48. The minimum atomic E-state index is -1.81. The number of hydrogen-bond acceptors (Lipinski definition) is 2. The maximum absolute atomic E-state index is 12.4. The van der Waals surface area contributed by atoms with Gasteiger partial charge in [0.15, 0.2) is 0 Å². The Morgan fingerprint density at radius 1 is 1.04 bits per heavy atom. The van der Waals surface area contributed by atoms with Crippen LogP contribution in [0.5, 0.6) is 5.75 Å². The molecule has 2 atom stereocenters. The fourth-order valence-corrected chi connectivity index (χ4v) is 8.66. The highest BCUT2D eigenvalue weighted by Crippen LogP contribution is 2.51. The minimum absolute atomic E-state index is 0.0335. The largest absolute Gasteiger partial charge is 0.497 e. The zero-order valence-electron chi connectivity index (χ0n) is 15.7. The SMILES string of the molecule is COc1ccc([C@@]2(C)CCC(=O)CC2[Si](C)(C)c2ccccc2)cc1. The molecule has 1 fully saturated rings. The molecule has 3 rings (SSSR count). The molecule has 3 heteroatoms. The van der Waals surface area contributed by atoms with Gasteiger partial charge < -0.3 is 4.74 Å². The van der Waals surface area contributed by atoms with Crippen LogP contribution >= 0.6 is 0 Å². The van der Waals surface area contributed by atoms with Crippen molar-refractivity contribution in [2.75, 3.05) is 7.11 Å². The first-order valence-corrected chi connectivity index (χ1v) is 12.2. The Morgan fingerprint density at radius 2 is 1.68 bits per heavy atom. The molecule has 0 spiro atoms. The molecular weight excluding hydrogens is 324 g/mol. The highest BCUT2D eigenvalue weighted by molar-refractivity contribution is 6.91. The van der Waals surface area contributed by atoms with Gasteiger partial charge in [-0.2, -0.15) is 0 Å². The van der Waals surface area contributed by atoms with E-state index in [1.807, 2.05) is 12.1 Å². The van der Waals surface area contributed by atoms with Crippen LogP contribution in [0, 0.1) is 0 Å². The van der Waals surface area contributed by atoms with E-state index in [9.17, 15) is 4.79 Å². The summed E-state index contributed by atoms with van der Waals surface area (Å²) in [5, 5.41) is 1.44. The Kier molecular flexibility index (Phi) is 4.87. The highest BCUT2D eigenvalue weighted by Gasteiger charge is 2.49. The van der Waals surface area contributed by atoms with E-state index in [-0.39, 0.29) is 5.41 Å². The Morgan fingerprint density at radius 3 is 2.28 bits per heavy atom. The van der Waals surface area contributed by atoms with E-state index in [2.05, 4.69) is 62.5 Å². The number of rotatable bonds is 4. The molecule has 0 aromatic heterocycles. The van der Waals surface area contributed by atoms with E-state index < -0.39 is 8.07 Å². The number of carbonyl (C=O) groups is 1. The van der Waals surface area contributed by atoms with E-state index in [4.69, 9.17) is 4.74 Å². The zero-order valence-corrected chi connectivity index (χ0v) is 16.7. The third-order valence-electron chi connectivity index (χ3n) is 6.26. The average Bonchev–Trinajstić information content (AvgIpc) is 2.64. The van der Waals surface area contributed by atoms with Crippen LogP contribution in [0.3, 0.4) is 0 Å². The highest BCUT2D eigenvalue weighted by atomic mass is 28.3. The maximum atomic E-state index is 12.4. The van der Waals surface area contributed by atoms with Crippen LogP contribution < -0.4 is 9.92 Å². The third-order valence-corrected chi connectivity index (χ3v) is 10.7. The van der Waals surface area contributed by atoms with Crippen LogP contribution in [0.25, 0.3) is 0 Å². The zero-order chi connectivity index (χ0) is 18.1. The number of hydrogen-bond donors (Lipinski definition) is 0. The van der Waals surface area contributed by atoms with Gasteiger partial charge in [0.1, 0.15) is 11.5 Å². The summed E-state index contributed by atoms with van der Waals surface area (Å²) in [5.74, 6) is 1.31. The Bertz CT molecular complexity index is 736. The van der Waals surface area contributed by atoms with Crippen molar-refractivity contribution in [3.8, 4) is 5.75 Å². The summed E-state index contributed by atoms with van der Waals surface area (Å²) in [4.78, 5) is 12.4. The lowest BCUT2D eigenvalue weighted by molar-refractivity contribution is -0.121. The summed E-state index contributed by atoms with van der Waals surface area (Å²) in [7, 11) is -0.114. The second-order valence-corrected chi connectivity index (χ2v) is 12.7. The van der Waals surface area contributed by atoms with E-state index in [1.165, 1.54) is 10.8 Å². The molecule has 2 aromatic carbocycles. The van der Waals surface area contributed by atoms with Crippen LogP contribution in [0.4, 0.5) is 0 Å². The lowest BCUT2D eigenvalue weighted by atomic mass is 9.70. The van der Waals surface area contributed by atoms with Crippen LogP contribution in [-0.2, 0) is 10.2 Å². The van der Waals surface area contributed by atoms with E-state index in [1.54, 1.807) is 7.11 Å². The van der Waals surface area contributed by atoms with Gasteiger partial charge in [-0.1, -0.05) is 67.7 Å². The number of carbonyl (C=O) groups excluding carboxylic acids is 1. The molecule has 2 aromatic rings. The molecule has 0 aliphatic heterocycles. The van der Waals surface area contributed by atoms with Gasteiger partial charge in [0.25, 0.3) is 0 Å². The fourth-order valence-electron chi connectivity index (χ4n) is 4.57. The van der Waals surface area contributed by atoms with Crippen molar-refractivity contribution >= 4 is 19.0 Å². The maximum Gasteiger partial charge on any atom is 0.132 e. The molecule has 1 saturated carbocycles. The Labute approximate surface area is 152 Å². The molecule has 0 heterocycles. The Balaban J connectivity index is 2.04. The molecule has 0 saturated heterocycles. The number of methoxy groups -OCH3 is 1. The van der Waals surface area contributed by atoms with Gasteiger partial charge in [0.2, 0.25) is 0 Å². The van der Waals surface area contributed by atoms with Crippen molar-refractivity contribution in [2.24, 2.45) is 0 Å². The van der Waals surface area contributed by atoms with Crippen molar-refractivity contribution < 1.29 is 9.53 Å².